The van der Waals surface area contributed by atoms with Crippen molar-refractivity contribution in [1.29, 1.82) is 0 Å². The van der Waals surface area contributed by atoms with Gasteiger partial charge in [-0.15, -0.1) is 0 Å². The number of carbonyl (C=O) groups excluding carboxylic acids is 2. The molecule has 6 aromatic carbocycles. The second-order valence-electron chi connectivity index (χ2n) is 26.9. The van der Waals surface area contributed by atoms with Crippen molar-refractivity contribution in [2.75, 3.05) is 53.4 Å². The normalized spacial score (nSPS) is 26.0. The van der Waals surface area contributed by atoms with Gasteiger partial charge >= 0.3 is 0 Å². The number of fused-ring (bicyclic) bond motifs is 9. The van der Waals surface area contributed by atoms with Gasteiger partial charge in [0.2, 0.25) is 0 Å². The van der Waals surface area contributed by atoms with Gasteiger partial charge in [-0.3, -0.25) is 9.59 Å². The van der Waals surface area contributed by atoms with Gasteiger partial charge in [-0.1, -0.05) is 126 Å². The maximum atomic E-state index is 13.7. The number of benzene rings is 6. The molecule has 6 aliphatic rings. The summed E-state index contributed by atoms with van der Waals surface area (Å²) in [4.78, 5) is 33.7. The number of likely N-dealkylation sites (N-methyl/N-ethyl adjacent to an activating group) is 2. The fraction of sp³-hybridized carbons (Fsp3) is 0.447. The molecule has 2 aromatic heterocycles. The lowest BCUT2D eigenvalue weighted by Crippen LogP contribution is -2.76. The van der Waals surface area contributed by atoms with Gasteiger partial charge < -0.3 is 39.8 Å². The fourth-order valence-corrected chi connectivity index (χ4v) is 16.1. The molecule has 2 aliphatic heterocycles. The minimum absolute atomic E-state index is 0.00759. The fourth-order valence-electron chi connectivity index (χ4n) is 16.1. The predicted molar refractivity (Wildman–Crippen MR) is 352 cm³/mol. The van der Waals surface area contributed by atoms with Crippen LogP contribution in [0.25, 0.3) is 32.9 Å². The number of phenolic OH excluding ortho intramolecular Hbond substituents is 1. The number of hydrogen-bond acceptors (Lipinski definition) is 4. The monoisotopic (exact) mass is 1160 g/mol. The summed E-state index contributed by atoms with van der Waals surface area (Å²) < 4.78 is 2.09. The third-order valence-electron chi connectivity index (χ3n) is 21.5. The number of nitrogens with one attached hydrogen (secondary N) is 4. The van der Waals surface area contributed by atoms with Crippen LogP contribution in [0.5, 0.6) is 5.75 Å². The van der Waals surface area contributed by atoms with E-state index in [1.165, 1.54) is 89.3 Å². The Kier molecular flexibility index (Phi) is 17.4. The first-order valence-electron chi connectivity index (χ1n) is 32.8. The number of hydrogen-bond donors (Lipinski definition) is 6. The summed E-state index contributed by atoms with van der Waals surface area (Å²) in [7, 11) is 4.82. The number of para-hydroxylation sites is 1. The maximum absolute atomic E-state index is 13.7. The van der Waals surface area contributed by atoms with Crippen molar-refractivity contribution in [1.82, 2.24) is 20.6 Å². The van der Waals surface area contributed by atoms with E-state index in [-0.39, 0.29) is 34.6 Å². The molecule has 0 radical (unpaired) electrons. The number of amides is 2. The molecule has 0 spiro atoms. The molecule has 4 heterocycles. The molecule has 8 aromatic rings. The highest BCUT2D eigenvalue weighted by Crippen LogP contribution is 2.58. The number of quaternary nitrogens is 2. The van der Waals surface area contributed by atoms with E-state index < -0.39 is 11.0 Å². The number of phenols is 1. The molecule has 452 valence electrons. The highest BCUT2D eigenvalue weighted by atomic mass is 16.3. The smallest absolute Gasteiger partial charge is 0.255 e. The van der Waals surface area contributed by atoms with Crippen LogP contribution in [0.1, 0.15) is 152 Å². The van der Waals surface area contributed by atoms with E-state index in [0.717, 1.165) is 105 Å². The number of H-pyrrole nitrogens is 2. The van der Waals surface area contributed by atoms with Crippen LogP contribution in [0.2, 0.25) is 0 Å². The Labute approximate surface area is 512 Å². The Balaban J connectivity index is 0.000000180. The third-order valence-corrected chi connectivity index (χ3v) is 21.5. The Morgan fingerprint density at radius 1 is 0.686 bits per heavy atom. The molecule has 10 heteroatoms. The number of aromatic nitrogens is 2. The maximum Gasteiger partial charge on any atom is 0.255 e. The lowest BCUT2D eigenvalue weighted by atomic mass is 9.52. The summed E-state index contributed by atoms with van der Waals surface area (Å²) in [6.45, 7) is 20.4. The minimum atomic E-state index is -1.13. The number of carbonyl (C=O) groups is 2. The number of rotatable bonds is 14. The second kappa shape index (κ2) is 24.7. The third kappa shape index (κ3) is 11.7. The van der Waals surface area contributed by atoms with Crippen molar-refractivity contribution in [3.8, 4) is 16.9 Å². The average Bonchev–Trinajstić information content (AvgIpc) is 1.20. The Morgan fingerprint density at radius 3 is 2.07 bits per heavy atom. The number of aryl methyl sites for hydroxylation is 1. The van der Waals surface area contributed by atoms with Gasteiger partial charge in [0.25, 0.3) is 11.8 Å². The van der Waals surface area contributed by atoms with Crippen LogP contribution in [-0.2, 0) is 42.9 Å². The average molecular weight is 1160 g/mol. The van der Waals surface area contributed by atoms with Crippen LogP contribution >= 0.6 is 0 Å². The number of piperidine rings is 2. The number of aliphatic hydroxyl groups is 1. The van der Waals surface area contributed by atoms with Gasteiger partial charge in [0.1, 0.15) is 17.4 Å². The van der Waals surface area contributed by atoms with E-state index in [9.17, 15) is 19.8 Å². The number of aromatic hydroxyl groups is 1. The Morgan fingerprint density at radius 2 is 1.34 bits per heavy atom. The molecule has 2 saturated carbocycles. The van der Waals surface area contributed by atoms with E-state index >= 15 is 0 Å². The molecular formula is C76H96N6O4+2. The Bertz CT molecular complexity index is 3710. The Hall–Kier alpha value is -6.98. The van der Waals surface area contributed by atoms with Crippen LogP contribution in [0.3, 0.4) is 0 Å². The summed E-state index contributed by atoms with van der Waals surface area (Å²) in [5, 5.41) is 34.1. The van der Waals surface area contributed by atoms with Crippen molar-refractivity contribution in [3.05, 3.63) is 195 Å². The van der Waals surface area contributed by atoms with Gasteiger partial charge in [0, 0.05) is 114 Å². The number of likely N-dealkylation sites (tertiary alicyclic amines) is 2. The quantitative estimate of drug-likeness (QED) is 0.0606. The van der Waals surface area contributed by atoms with Crippen LogP contribution in [0.15, 0.2) is 140 Å². The van der Waals surface area contributed by atoms with Crippen LogP contribution in [0, 0.1) is 18.8 Å². The molecule has 7 atom stereocenters. The van der Waals surface area contributed by atoms with Gasteiger partial charge in [0.15, 0.2) is 0 Å². The summed E-state index contributed by atoms with van der Waals surface area (Å²) in [6, 6.07) is 46.6. The molecule has 2 amide bonds. The van der Waals surface area contributed by atoms with Crippen LogP contribution < -0.4 is 10.6 Å². The first kappa shape index (κ1) is 60.7. The number of nitrogens with zero attached hydrogens (tertiary/aromatic N) is 2. The van der Waals surface area contributed by atoms with Crippen molar-refractivity contribution < 1.29 is 28.8 Å². The first-order valence-corrected chi connectivity index (χ1v) is 32.8. The molecule has 14 rings (SSSR count). The zero-order chi connectivity index (χ0) is 60.6. The standard InChI is InChI=1S/C43H47N3O3.C29H35N3O.2C2H6/c1-28-13-20-35(41(48)44-23-21-30-16-18-33(19-17-30)32-9-5-4-6-10-32)40(47)39(28)42-22-24-46(3,27-31-14-15-31)29(2)43(42,49)25-36-34-11-7-8-12-37(34)45-38(36)26-42;1-29-11-14-32(2,19-21-3-4-21)25(18-29)16-22-6-7-24(17-26(22)29)28(33)31-12-9-20-5-8-27-23(15-20)10-13-30-27;2*1-2/h4-13,16-20,29,31,45,49H,14-15,21-27H2,1-3H3,(H-,44,47,48);5-8,10,13,15,17,21,25,30H,3-4,9,11-12,14,16,18-19H2,1-2H3;2*1-2H3/p+2/t29?,42-,43?,46?;25?,29-,32?;;/m11../s1. The molecule has 5 unspecified atom stereocenters. The molecule has 6 N–H and O–H groups in total. The van der Waals surface area contributed by atoms with Gasteiger partial charge in [-0.05, 0) is 145 Å². The van der Waals surface area contributed by atoms with Crippen molar-refractivity contribution >= 4 is 33.6 Å². The highest BCUT2D eigenvalue weighted by Gasteiger charge is 2.67. The van der Waals surface area contributed by atoms with Crippen molar-refractivity contribution in [3.63, 3.8) is 0 Å². The second-order valence-corrected chi connectivity index (χ2v) is 26.9. The van der Waals surface area contributed by atoms with E-state index in [4.69, 9.17) is 0 Å². The largest absolute Gasteiger partial charge is 0.507 e. The van der Waals surface area contributed by atoms with E-state index in [1.54, 1.807) is 6.07 Å². The minimum Gasteiger partial charge on any atom is -0.507 e. The van der Waals surface area contributed by atoms with Crippen LogP contribution in [-0.4, -0.2) is 112 Å². The van der Waals surface area contributed by atoms with Gasteiger partial charge in [-0.2, -0.15) is 0 Å². The molecule has 10 nitrogen and oxygen atoms in total. The lowest BCUT2D eigenvalue weighted by molar-refractivity contribution is -0.948. The molecule has 86 heavy (non-hydrogen) atoms. The van der Waals surface area contributed by atoms with Crippen molar-refractivity contribution in [2.24, 2.45) is 11.8 Å². The summed E-state index contributed by atoms with van der Waals surface area (Å²) in [5.74, 6) is 1.46. The number of aromatic amines is 2. The van der Waals surface area contributed by atoms with Gasteiger partial charge in [-0.25, -0.2) is 0 Å². The summed E-state index contributed by atoms with van der Waals surface area (Å²) >= 11 is 0. The topological polar surface area (TPSA) is 130 Å². The lowest BCUT2D eigenvalue weighted by Gasteiger charge is -2.62. The summed E-state index contributed by atoms with van der Waals surface area (Å²) in [5.41, 5.74) is 13.2. The van der Waals surface area contributed by atoms with E-state index in [1.807, 2.05) is 71.1 Å². The molecule has 2 bridgehead atoms. The zero-order valence-corrected chi connectivity index (χ0v) is 52.9. The first-order chi connectivity index (χ1) is 41.5. The molecule has 2 saturated heterocycles. The van der Waals surface area contributed by atoms with Gasteiger partial charge in [0.05, 0.1) is 51.9 Å². The molecular weight excluding hydrogens is 1060 g/mol. The van der Waals surface area contributed by atoms with Crippen molar-refractivity contribution in [2.45, 2.75) is 154 Å². The molecule has 4 fully saturated rings. The highest BCUT2D eigenvalue weighted by molar-refractivity contribution is 5.98. The SMILES string of the molecule is CC.CC.C[C@]12CC[N+](C)(CC3CC3)C(Cc3ccc(C(=O)NCCc4ccc5[nH]ccc5c4)cc31)C2.Cc1ccc(C(=O)NCCc2ccc(-c3ccccc3)cc2)c(O)c1[C@]12CC[N+](C)(CC3CC3)C(C)C1(O)Cc1c([nH]c3ccccc13)C2. The van der Waals surface area contributed by atoms with E-state index in [0.29, 0.717) is 32.4 Å². The summed E-state index contributed by atoms with van der Waals surface area (Å²) in [6.07, 6.45) is 14.4. The zero-order valence-electron chi connectivity index (χ0n) is 52.9. The molecule has 4 aliphatic carbocycles. The van der Waals surface area contributed by atoms with Crippen LogP contribution in [0.4, 0.5) is 0 Å². The van der Waals surface area contributed by atoms with E-state index in [2.05, 4.69) is 146 Å². The predicted octanol–water partition coefficient (Wildman–Crippen LogP) is 14.3.